The minimum Gasteiger partial charge on any atom is -0.497 e. The number of ketones is 2. The molecule has 3 rings (SSSR count). The second-order valence-corrected chi connectivity index (χ2v) is 6.57. The van der Waals surface area contributed by atoms with E-state index in [9.17, 15) is 14.0 Å². The van der Waals surface area contributed by atoms with E-state index < -0.39 is 0 Å². The lowest BCUT2D eigenvalue weighted by Crippen LogP contribution is -2.39. The van der Waals surface area contributed by atoms with Crippen molar-refractivity contribution in [2.75, 3.05) is 26.7 Å². The highest BCUT2D eigenvalue weighted by Crippen LogP contribution is 2.22. The number of nitrogens with zero attached hydrogens (tertiary/aromatic N) is 1. The molecule has 0 amide bonds. The van der Waals surface area contributed by atoms with E-state index in [0.717, 1.165) is 5.75 Å². The van der Waals surface area contributed by atoms with Gasteiger partial charge in [0.1, 0.15) is 11.6 Å². The van der Waals surface area contributed by atoms with Gasteiger partial charge >= 0.3 is 0 Å². The molecule has 0 unspecified atom stereocenters. The van der Waals surface area contributed by atoms with Crippen molar-refractivity contribution in [3.05, 3.63) is 65.5 Å². The third kappa shape index (κ3) is 4.35. The van der Waals surface area contributed by atoms with Gasteiger partial charge in [0.05, 0.1) is 13.7 Å². The van der Waals surface area contributed by atoms with Crippen LogP contribution in [0.3, 0.4) is 0 Å². The number of piperidine rings is 1. The third-order valence-electron chi connectivity index (χ3n) is 4.87. The molecule has 2 aromatic rings. The van der Waals surface area contributed by atoms with E-state index in [1.54, 1.807) is 31.4 Å². The maximum absolute atomic E-state index is 13.0. The van der Waals surface area contributed by atoms with Gasteiger partial charge in [-0.3, -0.25) is 14.5 Å². The Bertz CT molecular complexity index is 763. The summed E-state index contributed by atoms with van der Waals surface area (Å²) in [7, 11) is 1.59. The number of methoxy groups -OCH3 is 1. The lowest BCUT2D eigenvalue weighted by Gasteiger charge is -2.30. The molecule has 0 N–H and O–H groups in total. The summed E-state index contributed by atoms with van der Waals surface area (Å²) in [5, 5.41) is 0. The first-order chi connectivity index (χ1) is 12.6. The van der Waals surface area contributed by atoms with E-state index in [4.69, 9.17) is 4.74 Å². The van der Waals surface area contributed by atoms with Crippen LogP contribution in [-0.2, 0) is 0 Å². The molecule has 2 aromatic carbocycles. The zero-order chi connectivity index (χ0) is 18.5. The van der Waals surface area contributed by atoms with Crippen LogP contribution in [0, 0.1) is 11.7 Å². The van der Waals surface area contributed by atoms with E-state index in [0.29, 0.717) is 43.6 Å². The average Bonchev–Trinajstić information content (AvgIpc) is 2.68. The molecule has 0 aromatic heterocycles. The molecule has 1 saturated heterocycles. The molecule has 4 nitrogen and oxygen atoms in total. The van der Waals surface area contributed by atoms with Crippen LogP contribution in [-0.4, -0.2) is 43.2 Å². The molecule has 26 heavy (non-hydrogen) atoms. The van der Waals surface area contributed by atoms with Crippen LogP contribution in [0.15, 0.2) is 48.5 Å². The fraction of sp³-hybridized carbons (Fsp3) is 0.333. The Morgan fingerprint density at radius 2 is 1.58 bits per heavy atom. The highest BCUT2D eigenvalue weighted by molar-refractivity contribution is 5.98. The van der Waals surface area contributed by atoms with Crippen molar-refractivity contribution in [1.82, 2.24) is 4.90 Å². The van der Waals surface area contributed by atoms with Crippen molar-refractivity contribution in [3.63, 3.8) is 0 Å². The van der Waals surface area contributed by atoms with Gasteiger partial charge in [0.25, 0.3) is 0 Å². The van der Waals surface area contributed by atoms with Gasteiger partial charge in [-0.2, -0.15) is 0 Å². The molecular formula is C21H22FNO3. The molecule has 0 radical (unpaired) electrons. The number of benzene rings is 2. The number of ether oxygens (including phenoxy) is 1. The topological polar surface area (TPSA) is 46.6 Å². The predicted octanol–water partition coefficient (Wildman–Crippen LogP) is 3.61. The van der Waals surface area contributed by atoms with Crippen LogP contribution in [0.5, 0.6) is 5.75 Å². The van der Waals surface area contributed by atoms with Crippen molar-refractivity contribution < 1.29 is 18.7 Å². The molecule has 0 saturated carbocycles. The first kappa shape index (κ1) is 18.3. The van der Waals surface area contributed by atoms with Gasteiger partial charge in [0.2, 0.25) is 0 Å². The van der Waals surface area contributed by atoms with Gasteiger partial charge < -0.3 is 4.74 Å². The summed E-state index contributed by atoms with van der Waals surface area (Å²) in [6.07, 6.45) is 1.43. The summed E-state index contributed by atoms with van der Waals surface area (Å²) in [6, 6.07) is 12.8. The molecule has 0 spiro atoms. The monoisotopic (exact) mass is 355 g/mol. The van der Waals surface area contributed by atoms with Crippen LogP contribution in [0.4, 0.5) is 4.39 Å². The summed E-state index contributed by atoms with van der Waals surface area (Å²) in [6.45, 7) is 1.77. The van der Waals surface area contributed by atoms with E-state index in [1.165, 1.54) is 24.3 Å². The van der Waals surface area contributed by atoms with Gasteiger partial charge in [-0.15, -0.1) is 0 Å². The van der Waals surface area contributed by atoms with Gasteiger partial charge in [0.15, 0.2) is 11.6 Å². The SMILES string of the molecule is COc1ccc(C(=O)CN2CCC(C(=O)c3ccc(F)cc3)CC2)cc1. The number of Topliss-reactive ketones (excluding diaryl/α,β-unsaturated/α-hetero) is 2. The van der Waals surface area contributed by atoms with Crippen molar-refractivity contribution in [1.29, 1.82) is 0 Å². The highest BCUT2D eigenvalue weighted by atomic mass is 19.1. The first-order valence-electron chi connectivity index (χ1n) is 8.76. The normalized spacial score (nSPS) is 15.6. The van der Waals surface area contributed by atoms with Crippen LogP contribution < -0.4 is 4.74 Å². The van der Waals surface area contributed by atoms with Crippen molar-refractivity contribution in [2.45, 2.75) is 12.8 Å². The Kier molecular flexibility index (Phi) is 5.78. The Morgan fingerprint density at radius 3 is 2.15 bits per heavy atom. The number of halogens is 1. The molecule has 0 aliphatic carbocycles. The van der Waals surface area contributed by atoms with Gasteiger partial charge in [-0.1, -0.05) is 0 Å². The Labute approximate surface area is 152 Å². The van der Waals surface area contributed by atoms with E-state index in [1.807, 2.05) is 0 Å². The number of likely N-dealkylation sites (tertiary alicyclic amines) is 1. The van der Waals surface area contributed by atoms with Crippen molar-refractivity contribution in [3.8, 4) is 5.75 Å². The number of carbonyl (C=O) groups is 2. The van der Waals surface area contributed by atoms with Gasteiger partial charge in [0, 0.05) is 17.0 Å². The second-order valence-electron chi connectivity index (χ2n) is 6.57. The first-order valence-corrected chi connectivity index (χ1v) is 8.76. The molecule has 136 valence electrons. The number of carbonyl (C=O) groups excluding carboxylic acids is 2. The molecule has 1 fully saturated rings. The highest BCUT2D eigenvalue weighted by Gasteiger charge is 2.26. The molecule has 0 atom stereocenters. The average molecular weight is 355 g/mol. The zero-order valence-corrected chi connectivity index (χ0v) is 14.8. The van der Waals surface area contributed by atoms with Crippen LogP contribution in [0.25, 0.3) is 0 Å². The number of rotatable bonds is 6. The second kappa shape index (κ2) is 8.23. The van der Waals surface area contributed by atoms with E-state index >= 15 is 0 Å². The van der Waals surface area contributed by atoms with Crippen molar-refractivity contribution in [2.24, 2.45) is 5.92 Å². The molecule has 1 heterocycles. The summed E-state index contributed by atoms with van der Waals surface area (Å²) < 4.78 is 18.1. The molecule has 5 heteroatoms. The molecular weight excluding hydrogens is 333 g/mol. The summed E-state index contributed by atoms with van der Waals surface area (Å²) >= 11 is 0. The predicted molar refractivity (Wildman–Crippen MR) is 97.2 cm³/mol. The summed E-state index contributed by atoms with van der Waals surface area (Å²) in [5.41, 5.74) is 1.22. The van der Waals surface area contributed by atoms with Crippen LogP contribution in [0.2, 0.25) is 0 Å². The smallest absolute Gasteiger partial charge is 0.176 e. The largest absolute Gasteiger partial charge is 0.497 e. The fourth-order valence-electron chi connectivity index (χ4n) is 3.27. The molecule has 1 aliphatic heterocycles. The lowest BCUT2D eigenvalue weighted by atomic mass is 9.88. The Balaban J connectivity index is 1.52. The maximum atomic E-state index is 13.0. The van der Waals surface area contributed by atoms with E-state index in [2.05, 4.69) is 4.90 Å². The summed E-state index contributed by atoms with van der Waals surface area (Å²) in [5.74, 6) is 0.449. The fourth-order valence-corrected chi connectivity index (χ4v) is 3.27. The van der Waals surface area contributed by atoms with Gasteiger partial charge in [-0.25, -0.2) is 4.39 Å². The van der Waals surface area contributed by atoms with E-state index in [-0.39, 0.29) is 23.3 Å². The zero-order valence-electron chi connectivity index (χ0n) is 14.8. The number of hydrogen-bond acceptors (Lipinski definition) is 4. The standard InChI is InChI=1S/C21H22FNO3/c1-26-19-8-4-15(5-9-19)20(24)14-23-12-10-17(11-13-23)21(25)16-2-6-18(22)7-3-16/h2-9,17H,10-14H2,1H3. The molecule has 1 aliphatic rings. The Hall–Kier alpha value is -2.53. The number of hydrogen-bond donors (Lipinski definition) is 0. The van der Waals surface area contributed by atoms with Gasteiger partial charge in [-0.05, 0) is 74.5 Å². The van der Waals surface area contributed by atoms with Crippen LogP contribution in [0.1, 0.15) is 33.6 Å². The Morgan fingerprint density at radius 1 is 1.00 bits per heavy atom. The lowest BCUT2D eigenvalue weighted by molar-refractivity contribution is 0.0805. The third-order valence-corrected chi connectivity index (χ3v) is 4.87. The quantitative estimate of drug-likeness (QED) is 0.743. The summed E-state index contributed by atoms with van der Waals surface area (Å²) in [4.78, 5) is 27.0. The minimum atomic E-state index is -0.339. The molecule has 0 bridgehead atoms. The van der Waals surface area contributed by atoms with Crippen molar-refractivity contribution >= 4 is 11.6 Å². The minimum absolute atomic E-state index is 0.0612. The van der Waals surface area contributed by atoms with Crippen LogP contribution >= 0.6 is 0 Å². The maximum Gasteiger partial charge on any atom is 0.176 e.